The first-order chi connectivity index (χ1) is 14.8. The van der Waals surface area contributed by atoms with Crippen molar-refractivity contribution in [2.24, 2.45) is 0 Å². The van der Waals surface area contributed by atoms with E-state index >= 15 is 0 Å². The van der Waals surface area contributed by atoms with Gasteiger partial charge in [0.2, 0.25) is 0 Å². The Kier molecular flexibility index (Phi) is 5.89. The van der Waals surface area contributed by atoms with Gasteiger partial charge in [0.15, 0.2) is 9.84 Å². The first-order valence-corrected chi connectivity index (χ1v) is 11.7. The molecule has 0 saturated heterocycles. The summed E-state index contributed by atoms with van der Waals surface area (Å²) in [7, 11) is -3.61. The number of hydrogen-bond donors (Lipinski definition) is 2. The van der Waals surface area contributed by atoms with Gasteiger partial charge in [-0.05, 0) is 66.1 Å². The Morgan fingerprint density at radius 2 is 1.68 bits per heavy atom. The molecule has 0 spiro atoms. The van der Waals surface area contributed by atoms with Gasteiger partial charge in [-0.1, -0.05) is 29.8 Å². The molecule has 1 heterocycles. The molecule has 2 amide bonds. The number of aryl methyl sites for hydroxylation is 1. The minimum atomic E-state index is -3.61. The van der Waals surface area contributed by atoms with Crippen LogP contribution in [0.2, 0.25) is 5.02 Å². The fourth-order valence-electron chi connectivity index (χ4n) is 3.45. The van der Waals surface area contributed by atoms with Gasteiger partial charge in [-0.2, -0.15) is 0 Å². The summed E-state index contributed by atoms with van der Waals surface area (Å²) in [6, 6.07) is 16.5. The van der Waals surface area contributed by atoms with E-state index in [1.807, 2.05) is 12.1 Å². The molecule has 0 unspecified atom stereocenters. The van der Waals surface area contributed by atoms with Crippen LogP contribution >= 0.6 is 11.6 Å². The van der Waals surface area contributed by atoms with Gasteiger partial charge in [-0.15, -0.1) is 0 Å². The summed E-state index contributed by atoms with van der Waals surface area (Å²) in [5, 5.41) is 6.02. The molecule has 4 rings (SSSR count). The summed E-state index contributed by atoms with van der Waals surface area (Å²) in [5.74, 6) is 0.678. The van der Waals surface area contributed by atoms with Crippen LogP contribution in [0.15, 0.2) is 65.6 Å². The predicted octanol–water partition coefficient (Wildman–Crippen LogP) is 5.20. The third kappa shape index (κ3) is 5.00. The molecular weight excluding hydrogens is 436 g/mol. The molecule has 0 radical (unpaired) electrons. The van der Waals surface area contributed by atoms with E-state index in [0.717, 1.165) is 17.7 Å². The van der Waals surface area contributed by atoms with E-state index in [4.69, 9.17) is 16.3 Å². The summed E-state index contributed by atoms with van der Waals surface area (Å²) >= 11 is 5.88. The largest absolute Gasteiger partial charge is 0.493 e. The highest BCUT2D eigenvalue weighted by Crippen LogP contribution is 2.28. The number of ether oxygens (including phenoxy) is 1. The zero-order chi connectivity index (χ0) is 22.0. The van der Waals surface area contributed by atoms with E-state index in [1.165, 1.54) is 6.07 Å². The SMILES string of the molecule is Cc1ccc(NC(=O)Nc2ccc3c(c2)CCO3)cc1S(=O)(=O)Cc1ccc(Cl)cc1. The highest BCUT2D eigenvalue weighted by Gasteiger charge is 2.19. The molecule has 0 fully saturated rings. The molecule has 1 aliphatic rings. The van der Waals surface area contributed by atoms with Crippen LogP contribution in [-0.4, -0.2) is 21.1 Å². The van der Waals surface area contributed by atoms with Crippen LogP contribution in [0.4, 0.5) is 16.2 Å². The van der Waals surface area contributed by atoms with Crippen LogP contribution in [0, 0.1) is 6.92 Å². The number of benzene rings is 3. The minimum absolute atomic E-state index is 0.155. The number of hydrogen-bond acceptors (Lipinski definition) is 4. The maximum Gasteiger partial charge on any atom is 0.323 e. The molecular formula is C23H21ClN2O4S. The molecule has 0 saturated carbocycles. The lowest BCUT2D eigenvalue weighted by atomic mass is 10.1. The number of anilines is 2. The molecule has 8 heteroatoms. The van der Waals surface area contributed by atoms with Crippen molar-refractivity contribution in [1.29, 1.82) is 0 Å². The predicted molar refractivity (Wildman–Crippen MR) is 122 cm³/mol. The van der Waals surface area contributed by atoms with Gasteiger partial charge in [0.05, 0.1) is 17.3 Å². The number of halogens is 1. The van der Waals surface area contributed by atoms with E-state index in [9.17, 15) is 13.2 Å². The number of sulfone groups is 1. The zero-order valence-electron chi connectivity index (χ0n) is 16.8. The molecule has 2 N–H and O–H groups in total. The Labute approximate surface area is 186 Å². The van der Waals surface area contributed by atoms with Crippen LogP contribution in [0.1, 0.15) is 16.7 Å². The highest BCUT2D eigenvalue weighted by atomic mass is 35.5. The van der Waals surface area contributed by atoms with Gasteiger partial charge in [0.25, 0.3) is 0 Å². The summed E-state index contributed by atoms with van der Waals surface area (Å²) in [5.41, 5.74) is 3.33. The zero-order valence-corrected chi connectivity index (χ0v) is 18.4. The maximum atomic E-state index is 13.0. The molecule has 0 atom stereocenters. The smallest absolute Gasteiger partial charge is 0.323 e. The second-order valence-electron chi connectivity index (χ2n) is 7.37. The third-order valence-corrected chi connectivity index (χ3v) is 7.07. The van der Waals surface area contributed by atoms with Crippen molar-refractivity contribution in [2.45, 2.75) is 24.0 Å². The average Bonchev–Trinajstić information content (AvgIpc) is 3.19. The summed E-state index contributed by atoms with van der Waals surface area (Å²) in [4.78, 5) is 12.6. The topological polar surface area (TPSA) is 84.5 Å². The molecule has 31 heavy (non-hydrogen) atoms. The van der Waals surface area contributed by atoms with Crippen LogP contribution in [-0.2, 0) is 22.0 Å². The van der Waals surface area contributed by atoms with Gasteiger partial charge in [-0.3, -0.25) is 0 Å². The Hall–Kier alpha value is -3.03. The van der Waals surface area contributed by atoms with Crippen molar-refractivity contribution in [3.8, 4) is 5.75 Å². The van der Waals surface area contributed by atoms with Gasteiger partial charge < -0.3 is 15.4 Å². The normalized spacial score (nSPS) is 12.7. The van der Waals surface area contributed by atoms with Crippen LogP contribution in [0.3, 0.4) is 0 Å². The van der Waals surface area contributed by atoms with Crippen molar-refractivity contribution >= 4 is 38.8 Å². The molecule has 0 bridgehead atoms. The van der Waals surface area contributed by atoms with Gasteiger partial charge in [0, 0.05) is 22.8 Å². The molecule has 3 aromatic rings. The monoisotopic (exact) mass is 456 g/mol. The lowest BCUT2D eigenvalue weighted by Crippen LogP contribution is -2.20. The molecule has 3 aromatic carbocycles. The molecule has 1 aliphatic heterocycles. The van der Waals surface area contributed by atoms with Crippen molar-refractivity contribution in [3.05, 3.63) is 82.4 Å². The number of urea groups is 1. The lowest BCUT2D eigenvalue weighted by Gasteiger charge is -2.12. The second-order valence-corrected chi connectivity index (χ2v) is 9.76. The van der Waals surface area contributed by atoms with E-state index in [0.29, 0.717) is 34.1 Å². The number of rotatable bonds is 5. The summed E-state index contributed by atoms with van der Waals surface area (Å²) < 4.78 is 31.4. The standard InChI is InChI=1S/C23H21ClN2O4S/c1-15-2-7-20(13-22(15)31(28,29)14-16-3-5-18(24)6-4-16)26-23(27)25-19-8-9-21-17(12-19)10-11-30-21/h2-9,12-13H,10-11,14H2,1H3,(H2,25,26,27). The Morgan fingerprint density at radius 1 is 1.00 bits per heavy atom. The van der Waals surface area contributed by atoms with Crippen molar-refractivity contribution in [2.75, 3.05) is 17.2 Å². The Bertz CT molecular complexity index is 1240. The Balaban J connectivity index is 1.49. The molecule has 0 aromatic heterocycles. The second kappa shape index (κ2) is 8.61. The van der Waals surface area contributed by atoms with E-state index < -0.39 is 15.9 Å². The number of nitrogens with one attached hydrogen (secondary N) is 2. The average molecular weight is 457 g/mol. The number of fused-ring (bicyclic) bond motifs is 1. The quantitative estimate of drug-likeness (QED) is 0.552. The van der Waals surface area contributed by atoms with Crippen molar-refractivity contribution in [3.63, 3.8) is 0 Å². The minimum Gasteiger partial charge on any atom is -0.493 e. The van der Waals surface area contributed by atoms with Crippen LogP contribution in [0.25, 0.3) is 0 Å². The van der Waals surface area contributed by atoms with Crippen molar-refractivity contribution < 1.29 is 17.9 Å². The summed E-state index contributed by atoms with van der Waals surface area (Å²) in [6.07, 6.45) is 0.805. The third-order valence-electron chi connectivity index (χ3n) is 5.00. The lowest BCUT2D eigenvalue weighted by molar-refractivity contribution is 0.262. The van der Waals surface area contributed by atoms with E-state index in [-0.39, 0.29) is 10.6 Å². The van der Waals surface area contributed by atoms with Crippen molar-refractivity contribution in [1.82, 2.24) is 0 Å². The fourth-order valence-corrected chi connectivity index (χ4v) is 5.23. The van der Waals surface area contributed by atoms with E-state index in [1.54, 1.807) is 49.4 Å². The Morgan fingerprint density at radius 3 is 2.42 bits per heavy atom. The molecule has 160 valence electrons. The maximum absolute atomic E-state index is 13.0. The van der Waals surface area contributed by atoms with E-state index in [2.05, 4.69) is 10.6 Å². The first-order valence-electron chi connectivity index (χ1n) is 9.72. The van der Waals surface area contributed by atoms with Crippen LogP contribution < -0.4 is 15.4 Å². The summed E-state index contributed by atoms with van der Waals surface area (Å²) in [6.45, 7) is 2.37. The highest BCUT2D eigenvalue weighted by molar-refractivity contribution is 7.90. The van der Waals surface area contributed by atoms with Gasteiger partial charge >= 0.3 is 6.03 Å². The van der Waals surface area contributed by atoms with Crippen LogP contribution in [0.5, 0.6) is 5.75 Å². The number of carbonyl (C=O) groups excluding carboxylic acids is 1. The fraction of sp³-hybridized carbons (Fsp3) is 0.174. The van der Waals surface area contributed by atoms with Gasteiger partial charge in [-0.25, -0.2) is 13.2 Å². The first kappa shape index (κ1) is 21.2. The number of carbonyl (C=O) groups is 1. The number of amides is 2. The molecule has 0 aliphatic carbocycles. The molecule has 6 nitrogen and oxygen atoms in total. The van der Waals surface area contributed by atoms with Gasteiger partial charge in [0.1, 0.15) is 5.75 Å².